The number of likely N-dealkylation sites (tertiary alicyclic amines) is 1. The van der Waals surface area contributed by atoms with E-state index in [1.807, 2.05) is 0 Å². The van der Waals surface area contributed by atoms with Gasteiger partial charge in [0, 0.05) is 19.9 Å². The van der Waals surface area contributed by atoms with Crippen molar-refractivity contribution in [2.24, 2.45) is 11.8 Å². The van der Waals surface area contributed by atoms with E-state index < -0.39 is 5.54 Å². The molecule has 1 saturated heterocycles. The number of fused-ring (bicyclic) bond motifs is 1. The highest BCUT2D eigenvalue weighted by atomic mass is 16.5. The minimum Gasteiger partial charge on any atom is -0.343 e. The Hall–Kier alpha value is -2.25. The van der Waals surface area contributed by atoms with Crippen LogP contribution in [0.3, 0.4) is 0 Å². The minimum atomic E-state index is -0.627. The highest BCUT2D eigenvalue weighted by molar-refractivity contribution is 6.05. The van der Waals surface area contributed by atoms with Crippen LogP contribution >= 0.6 is 0 Å². The molecule has 2 aliphatic carbocycles. The molecule has 8 heteroatoms. The summed E-state index contributed by atoms with van der Waals surface area (Å²) in [4.78, 5) is 43.8. The van der Waals surface area contributed by atoms with Gasteiger partial charge in [-0.25, -0.2) is 0 Å². The molecule has 29 heavy (non-hydrogen) atoms. The molecule has 0 bridgehead atoms. The van der Waals surface area contributed by atoms with Gasteiger partial charge in [0.25, 0.3) is 0 Å². The van der Waals surface area contributed by atoms with Gasteiger partial charge in [-0.15, -0.1) is 0 Å². The molecule has 2 heterocycles. The lowest BCUT2D eigenvalue weighted by Crippen LogP contribution is -2.47. The molecule has 1 aromatic rings. The number of imide groups is 1. The Balaban J connectivity index is 1.42. The van der Waals surface area contributed by atoms with Crippen molar-refractivity contribution in [1.29, 1.82) is 0 Å². The number of aromatic nitrogens is 2. The summed E-state index contributed by atoms with van der Waals surface area (Å²) in [5.74, 6) is 0.309. The largest absolute Gasteiger partial charge is 0.343 e. The highest BCUT2D eigenvalue weighted by Gasteiger charge is 2.48. The number of carbonyl (C=O) groups is 3. The van der Waals surface area contributed by atoms with Crippen molar-refractivity contribution in [2.75, 3.05) is 6.54 Å². The molecule has 4 rings (SSSR count). The summed E-state index contributed by atoms with van der Waals surface area (Å²) in [5, 5.41) is 7.24. The van der Waals surface area contributed by atoms with Gasteiger partial charge in [0.15, 0.2) is 5.82 Å². The van der Waals surface area contributed by atoms with Crippen LogP contribution in [-0.4, -0.2) is 39.3 Å². The molecule has 3 fully saturated rings. The number of carbonyl (C=O) groups excluding carboxylic acids is 3. The molecule has 1 aromatic heterocycles. The van der Waals surface area contributed by atoms with Gasteiger partial charge in [-0.1, -0.05) is 43.7 Å². The third-order valence-corrected chi connectivity index (χ3v) is 6.79. The van der Waals surface area contributed by atoms with Gasteiger partial charge in [-0.05, 0) is 25.7 Å². The second-order valence-corrected chi connectivity index (χ2v) is 8.76. The first-order chi connectivity index (χ1) is 14.0. The molecule has 0 aromatic carbocycles. The fraction of sp³-hybridized carbons (Fsp3) is 0.762. The zero-order valence-corrected chi connectivity index (χ0v) is 17.1. The van der Waals surface area contributed by atoms with Crippen LogP contribution in [0.4, 0.5) is 0 Å². The molecular formula is C21H30N4O4. The zero-order valence-electron chi connectivity index (χ0n) is 17.1. The number of hydrogen-bond donors (Lipinski definition) is 1. The second-order valence-electron chi connectivity index (χ2n) is 8.76. The van der Waals surface area contributed by atoms with Gasteiger partial charge < -0.3 is 9.84 Å². The van der Waals surface area contributed by atoms with Crippen molar-refractivity contribution in [3.8, 4) is 0 Å². The number of nitrogens with one attached hydrogen (secondary N) is 1. The van der Waals surface area contributed by atoms with E-state index >= 15 is 0 Å². The van der Waals surface area contributed by atoms with E-state index in [9.17, 15) is 14.4 Å². The Morgan fingerprint density at radius 2 is 1.69 bits per heavy atom. The van der Waals surface area contributed by atoms with Crippen LogP contribution in [0, 0.1) is 18.8 Å². The van der Waals surface area contributed by atoms with Crippen molar-refractivity contribution in [3.05, 3.63) is 11.7 Å². The smallest absolute Gasteiger partial charge is 0.233 e. The van der Waals surface area contributed by atoms with Crippen molar-refractivity contribution in [3.63, 3.8) is 0 Å². The van der Waals surface area contributed by atoms with Gasteiger partial charge >= 0.3 is 0 Å². The number of aryl methyl sites for hydroxylation is 1. The van der Waals surface area contributed by atoms with Crippen LogP contribution in [-0.2, 0) is 19.9 Å². The number of rotatable bonds is 5. The van der Waals surface area contributed by atoms with Crippen LogP contribution in [0.2, 0.25) is 0 Å². The monoisotopic (exact) mass is 402 g/mol. The molecule has 2 atom stereocenters. The summed E-state index contributed by atoms with van der Waals surface area (Å²) in [6.07, 6.45) is 9.43. The van der Waals surface area contributed by atoms with Crippen molar-refractivity contribution in [1.82, 2.24) is 20.4 Å². The van der Waals surface area contributed by atoms with Gasteiger partial charge in [0.1, 0.15) is 5.54 Å². The Labute approximate surface area is 170 Å². The summed E-state index contributed by atoms with van der Waals surface area (Å²) >= 11 is 0. The molecular weight excluding hydrogens is 372 g/mol. The minimum absolute atomic E-state index is 0.0922. The van der Waals surface area contributed by atoms with E-state index in [4.69, 9.17) is 4.52 Å². The molecule has 0 spiro atoms. The summed E-state index contributed by atoms with van der Waals surface area (Å²) in [6.45, 7) is 1.89. The first kappa shape index (κ1) is 20.0. The van der Waals surface area contributed by atoms with Crippen LogP contribution in [0.25, 0.3) is 0 Å². The Kier molecular flexibility index (Phi) is 5.69. The number of amides is 3. The Bertz CT molecular complexity index is 757. The van der Waals surface area contributed by atoms with E-state index in [0.29, 0.717) is 11.7 Å². The SMILES string of the molecule is Cc1nc(C2(NC(=O)CCN3C(=O)C4CCCCC4C3=O)CCCCCC2)no1. The van der Waals surface area contributed by atoms with Gasteiger partial charge in [-0.3, -0.25) is 19.3 Å². The van der Waals surface area contributed by atoms with E-state index in [1.165, 1.54) is 4.90 Å². The Morgan fingerprint density at radius 1 is 1.07 bits per heavy atom. The van der Waals surface area contributed by atoms with Crippen molar-refractivity contribution >= 4 is 17.7 Å². The average molecular weight is 402 g/mol. The summed E-state index contributed by atoms with van der Waals surface area (Å²) in [6, 6.07) is 0. The van der Waals surface area contributed by atoms with Crippen LogP contribution in [0.5, 0.6) is 0 Å². The topological polar surface area (TPSA) is 105 Å². The maximum absolute atomic E-state index is 12.8. The Morgan fingerprint density at radius 3 is 2.24 bits per heavy atom. The zero-order chi connectivity index (χ0) is 20.4. The summed E-state index contributed by atoms with van der Waals surface area (Å²) in [7, 11) is 0. The predicted octanol–water partition coefficient (Wildman–Crippen LogP) is 2.61. The molecule has 2 saturated carbocycles. The summed E-state index contributed by atoms with van der Waals surface area (Å²) in [5.41, 5.74) is -0.627. The van der Waals surface area contributed by atoms with Gasteiger partial charge in [0.2, 0.25) is 23.6 Å². The molecule has 3 amide bonds. The lowest BCUT2D eigenvalue weighted by Gasteiger charge is -2.31. The summed E-state index contributed by atoms with van der Waals surface area (Å²) < 4.78 is 5.18. The maximum atomic E-state index is 12.8. The van der Waals surface area contributed by atoms with Crippen LogP contribution < -0.4 is 5.32 Å². The third-order valence-electron chi connectivity index (χ3n) is 6.79. The van der Waals surface area contributed by atoms with Crippen LogP contribution in [0.1, 0.15) is 82.3 Å². The molecule has 158 valence electrons. The van der Waals surface area contributed by atoms with Crippen LogP contribution in [0.15, 0.2) is 4.52 Å². The average Bonchev–Trinajstić information content (AvgIpc) is 3.15. The fourth-order valence-electron chi connectivity index (χ4n) is 5.22. The first-order valence-electron chi connectivity index (χ1n) is 11.0. The molecule has 1 aliphatic heterocycles. The van der Waals surface area contributed by atoms with Crippen molar-refractivity contribution in [2.45, 2.75) is 83.1 Å². The maximum Gasteiger partial charge on any atom is 0.233 e. The van der Waals surface area contributed by atoms with E-state index in [2.05, 4.69) is 15.5 Å². The molecule has 2 unspecified atom stereocenters. The number of hydrogen-bond acceptors (Lipinski definition) is 6. The molecule has 0 radical (unpaired) electrons. The van der Waals surface area contributed by atoms with Gasteiger partial charge in [-0.2, -0.15) is 4.98 Å². The molecule has 8 nitrogen and oxygen atoms in total. The standard InChI is InChI=1S/C21H30N4O4/c1-14-22-20(24-29-14)21(11-6-2-3-7-12-21)23-17(26)10-13-25-18(27)15-8-4-5-9-16(15)19(25)28/h15-16H,2-13H2,1H3,(H,23,26). The third kappa shape index (κ3) is 3.94. The predicted molar refractivity (Wildman–Crippen MR) is 103 cm³/mol. The lowest BCUT2D eigenvalue weighted by molar-refractivity contribution is -0.140. The van der Waals surface area contributed by atoms with Gasteiger partial charge in [0.05, 0.1) is 11.8 Å². The first-order valence-corrected chi connectivity index (χ1v) is 11.0. The molecule has 1 N–H and O–H groups in total. The highest BCUT2D eigenvalue weighted by Crippen LogP contribution is 2.38. The number of nitrogens with zero attached hydrogens (tertiary/aromatic N) is 3. The normalized spacial score (nSPS) is 26.9. The fourth-order valence-corrected chi connectivity index (χ4v) is 5.22. The van der Waals surface area contributed by atoms with E-state index in [1.54, 1.807) is 6.92 Å². The van der Waals surface area contributed by atoms with E-state index in [0.717, 1.165) is 64.2 Å². The quantitative estimate of drug-likeness (QED) is 0.599. The lowest BCUT2D eigenvalue weighted by atomic mass is 9.81. The van der Waals surface area contributed by atoms with E-state index in [-0.39, 0.29) is 42.5 Å². The second kappa shape index (κ2) is 8.24. The molecule has 3 aliphatic rings. The van der Waals surface area contributed by atoms with Crippen molar-refractivity contribution < 1.29 is 18.9 Å².